The zero-order valence-corrected chi connectivity index (χ0v) is 10.7. The lowest BCUT2D eigenvalue weighted by molar-refractivity contribution is -0.125. The monoisotopic (exact) mass is 262 g/mol. The van der Waals surface area contributed by atoms with Gasteiger partial charge in [0.25, 0.3) is 5.91 Å². The molecule has 0 spiro atoms. The van der Waals surface area contributed by atoms with Crippen molar-refractivity contribution in [2.24, 2.45) is 0 Å². The molecule has 1 aromatic rings. The van der Waals surface area contributed by atoms with Crippen LogP contribution in [0.25, 0.3) is 0 Å². The Kier molecular flexibility index (Phi) is 4.92. The Bertz CT molecular complexity index is 428. The van der Waals surface area contributed by atoms with E-state index >= 15 is 0 Å². The normalized spacial score (nSPS) is 15.8. The van der Waals surface area contributed by atoms with Crippen LogP contribution in [0.1, 0.15) is 23.2 Å². The summed E-state index contributed by atoms with van der Waals surface area (Å²) in [5.74, 6) is -0.711. The highest BCUT2D eigenvalue weighted by Gasteiger charge is 2.16. The number of hydrogen-bond donors (Lipinski definition) is 2. The number of piperidine rings is 1. The van der Waals surface area contributed by atoms with Crippen molar-refractivity contribution in [1.29, 1.82) is 0 Å². The number of esters is 1. The van der Waals surface area contributed by atoms with Gasteiger partial charge in [0.15, 0.2) is 6.61 Å². The molecule has 0 atom stereocenters. The van der Waals surface area contributed by atoms with E-state index in [9.17, 15) is 9.59 Å². The van der Waals surface area contributed by atoms with Gasteiger partial charge >= 0.3 is 5.97 Å². The van der Waals surface area contributed by atoms with Crippen molar-refractivity contribution < 1.29 is 14.3 Å². The van der Waals surface area contributed by atoms with E-state index in [2.05, 4.69) is 10.6 Å². The van der Waals surface area contributed by atoms with Gasteiger partial charge in [-0.05, 0) is 38.1 Å². The van der Waals surface area contributed by atoms with Crippen LogP contribution in [0, 0.1) is 0 Å². The fourth-order valence-corrected chi connectivity index (χ4v) is 2.02. The van der Waals surface area contributed by atoms with Gasteiger partial charge < -0.3 is 15.4 Å². The van der Waals surface area contributed by atoms with E-state index in [0.717, 1.165) is 25.9 Å². The highest BCUT2D eigenvalue weighted by atomic mass is 16.5. The van der Waals surface area contributed by atoms with Crippen LogP contribution in [-0.2, 0) is 9.53 Å². The predicted molar refractivity (Wildman–Crippen MR) is 70.8 cm³/mol. The molecule has 0 aromatic heterocycles. The highest BCUT2D eigenvalue weighted by molar-refractivity contribution is 5.91. The smallest absolute Gasteiger partial charge is 0.338 e. The molecule has 0 bridgehead atoms. The Morgan fingerprint density at radius 3 is 2.58 bits per heavy atom. The molecule has 2 N–H and O–H groups in total. The summed E-state index contributed by atoms with van der Waals surface area (Å²) in [5, 5.41) is 6.09. The Morgan fingerprint density at radius 1 is 1.21 bits per heavy atom. The van der Waals surface area contributed by atoms with E-state index in [1.165, 1.54) is 0 Å². The summed E-state index contributed by atoms with van der Waals surface area (Å²) >= 11 is 0. The van der Waals surface area contributed by atoms with Crippen LogP contribution < -0.4 is 10.6 Å². The van der Waals surface area contributed by atoms with Crippen LogP contribution in [0.5, 0.6) is 0 Å². The molecule has 1 fully saturated rings. The second-order valence-electron chi connectivity index (χ2n) is 4.53. The van der Waals surface area contributed by atoms with E-state index in [0.29, 0.717) is 5.56 Å². The molecule has 1 aromatic carbocycles. The zero-order chi connectivity index (χ0) is 13.5. The first-order valence-electron chi connectivity index (χ1n) is 6.48. The molecule has 0 radical (unpaired) electrons. The van der Waals surface area contributed by atoms with Crippen LogP contribution in [0.3, 0.4) is 0 Å². The van der Waals surface area contributed by atoms with E-state index in [-0.39, 0.29) is 18.6 Å². The number of amides is 1. The topological polar surface area (TPSA) is 67.4 Å². The third-order valence-electron chi connectivity index (χ3n) is 3.05. The quantitative estimate of drug-likeness (QED) is 0.784. The van der Waals surface area contributed by atoms with Crippen molar-refractivity contribution >= 4 is 11.9 Å². The molecular weight excluding hydrogens is 244 g/mol. The third-order valence-corrected chi connectivity index (χ3v) is 3.05. The third kappa shape index (κ3) is 4.37. The molecule has 0 aliphatic carbocycles. The number of rotatable bonds is 4. The first kappa shape index (κ1) is 13.5. The SMILES string of the molecule is O=C(COC(=O)c1ccccc1)NC1CCNCC1. The van der Waals surface area contributed by atoms with Gasteiger partial charge in [-0.2, -0.15) is 0 Å². The molecule has 5 nitrogen and oxygen atoms in total. The number of carbonyl (C=O) groups excluding carboxylic acids is 2. The van der Waals surface area contributed by atoms with Gasteiger partial charge in [0.1, 0.15) is 0 Å². The van der Waals surface area contributed by atoms with Gasteiger partial charge in [-0.25, -0.2) is 4.79 Å². The number of ether oxygens (including phenoxy) is 1. The summed E-state index contributed by atoms with van der Waals surface area (Å²) in [5.41, 5.74) is 0.456. The number of nitrogens with one attached hydrogen (secondary N) is 2. The number of carbonyl (C=O) groups is 2. The van der Waals surface area contributed by atoms with Crippen molar-refractivity contribution in [1.82, 2.24) is 10.6 Å². The maximum atomic E-state index is 11.6. The van der Waals surface area contributed by atoms with Gasteiger partial charge in [0, 0.05) is 6.04 Å². The summed E-state index contributed by atoms with van der Waals surface area (Å²) in [6.45, 7) is 1.60. The molecule has 1 heterocycles. The summed E-state index contributed by atoms with van der Waals surface area (Å²) in [6, 6.07) is 8.84. The Morgan fingerprint density at radius 2 is 1.89 bits per heavy atom. The summed E-state index contributed by atoms with van der Waals surface area (Å²) < 4.78 is 4.96. The fraction of sp³-hybridized carbons (Fsp3) is 0.429. The maximum Gasteiger partial charge on any atom is 0.338 e. The maximum absolute atomic E-state index is 11.6. The van der Waals surface area contributed by atoms with E-state index in [1.54, 1.807) is 24.3 Å². The van der Waals surface area contributed by atoms with Crippen molar-refractivity contribution in [2.45, 2.75) is 18.9 Å². The van der Waals surface area contributed by atoms with Crippen LogP contribution in [0.2, 0.25) is 0 Å². The van der Waals surface area contributed by atoms with Gasteiger partial charge in [-0.15, -0.1) is 0 Å². The van der Waals surface area contributed by atoms with E-state index in [4.69, 9.17) is 4.74 Å². The van der Waals surface area contributed by atoms with Crippen LogP contribution >= 0.6 is 0 Å². The van der Waals surface area contributed by atoms with Gasteiger partial charge in [-0.3, -0.25) is 4.79 Å². The summed E-state index contributed by atoms with van der Waals surface area (Å²) in [4.78, 5) is 23.3. The minimum Gasteiger partial charge on any atom is -0.452 e. The molecule has 1 amide bonds. The first-order valence-corrected chi connectivity index (χ1v) is 6.48. The molecule has 1 saturated heterocycles. The van der Waals surface area contributed by atoms with Gasteiger partial charge in [0.05, 0.1) is 5.56 Å². The Balaban J connectivity index is 1.72. The average molecular weight is 262 g/mol. The average Bonchev–Trinajstić information content (AvgIpc) is 2.47. The molecule has 19 heavy (non-hydrogen) atoms. The lowest BCUT2D eigenvalue weighted by Gasteiger charge is -2.23. The second-order valence-corrected chi connectivity index (χ2v) is 4.53. The van der Waals surface area contributed by atoms with Crippen LogP contribution in [0.4, 0.5) is 0 Å². The molecule has 5 heteroatoms. The fourth-order valence-electron chi connectivity index (χ4n) is 2.02. The van der Waals surface area contributed by atoms with Crippen molar-refractivity contribution in [3.8, 4) is 0 Å². The summed E-state index contributed by atoms with van der Waals surface area (Å²) in [6.07, 6.45) is 1.83. The zero-order valence-electron chi connectivity index (χ0n) is 10.7. The van der Waals surface area contributed by atoms with Crippen LogP contribution in [-0.4, -0.2) is 37.6 Å². The minimum absolute atomic E-state index is 0.184. The number of benzene rings is 1. The standard InChI is InChI=1S/C14H18N2O3/c17-13(16-12-6-8-15-9-7-12)10-19-14(18)11-4-2-1-3-5-11/h1-5,12,15H,6-10H2,(H,16,17). The molecule has 2 rings (SSSR count). The molecule has 1 aliphatic rings. The molecule has 0 saturated carbocycles. The largest absolute Gasteiger partial charge is 0.452 e. The molecule has 102 valence electrons. The molecule has 1 aliphatic heterocycles. The predicted octanol–water partition coefficient (Wildman–Crippen LogP) is 0.712. The van der Waals surface area contributed by atoms with Crippen LogP contribution in [0.15, 0.2) is 30.3 Å². The van der Waals surface area contributed by atoms with E-state index < -0.39 is 5.97 Å². The first-order chi connectivity index (χ1) is 9.25. The highest BCUT2D eigenvalue weighted by Crippen LogP contribution is 2.03. The van der Waals surface area contributed by atoms with Crippen molar-refractivity contribution in [3.05, 3.63) is 35.9 Å². The van der Waals surface area contributed by atoms with Gasteiger partial charge in [-0.1, -0.05) is 18.2 Å². The second kappa shape index (κ2) is 6.89. The summed E-state index contributed by atoms with van der Waals surface area (Å²) in [7, 11) is 0. The number of hydrogen-bond acceptors (Lipinski definition) is 4. The Labute approximate surface area is 112 Å². The molecular formula is C14H18N2O3. The Hall–Kier alpha value is -1.88. The molecule has 0 unspecified atom stereocenters. The minimum atomic E-state index is -0.471. The van der Waals surface area contributed by atoms with Crippen molar-refractivity contribution in [2.75, 3.05) is 19.7 Å². The van der Waals surface area contributed by atoms with E-state index in [1.807, 2.05) is 6.07 Å². The van der Waals surface area contributed by atoms with Crippen molar-refractivity contribution in [3.63, 3.8) is 0 Å². The lowest BCUT2D eigenvalue weighted by Crippen LogP contribution is -2.44. The lowest BCUT2D eigenvalue weighted by atomic mass is 10.1. The van der Waals surface area contributed by atoms with Gasteiger partial charge in [0.2, 0.25) is 0 Å².